The molecule has 1 aromatic carbocycles. The highest BCUT2D eigenvalue weighted by molar-refractivity contribution is 5.49. The third kappa shape index (κ3) is 3.02. The molecule has 1 saturated heterocycles. The van der Waals surface area contributed by atoms with Gasteiger partial charge in [0.25, 0.3) is 0 Å². The van der Waals surface area contributed by atoms with E-state index in [1.54, 1.807) is 6.07 Å². The summed E-state index contributed by atoms with van der Waals surface area (Å²) in [6, 6.07) is 5.94. The van der Waals surface area contributed by atoms with Crippen LogP contribution in [0.2, 0.25) is 0 Å². The number of halogens is 1. The van der Waals surface area contributed by atoms with E-state index in [2.05, 4.69) is 24.1 Å². The van der Waals surface area contributed by atoms with E-state index in [1.807, 2.05) is 19.1 Å². The summed E-state index contributed by atoms with van der Waals surface area (Å²) < 4.78 is 13.3. The maximum atomic E-state index is 13.3. The summed E-state index contributed by atoms with van der Waals surface area (Å²) in [6.07, 6.45) is 1.14. The van der Waals surface area contributed by atoms with Crippen molar-refractivity contribution >= 4 is 5.69 Å². The summed E-state index contributed by atoms with van der Waals surface area (Å²) in [7, 11) is 0. The number of hydrogen-bond donors (Lipinski definition) is 1. The van der Waals surface area contributed by atoms with Gasteiger partial charge in [-0.3, -0.25) is 0 Å². The Morgan fingerprint density at radius 2 is 2.17 bits per heavy atom. The number of aryl methyl sites for hydroxylation is 1. The zero-order chi connectivity index (χ0) is 13.1. The summed E-state index contributed by atoms with van der Waals surface area (Å²) in [5.74, 6) is 0.499. The van der Waals surface area contributed by atoms with Crippen LogP contribution in [0.3, 0.4) is 0 Å². The highest BCUT2D eigenvalue weighted by atomic mass is 19.1. The topological polar surface area (TPSA) is 15.3 Å². The maximum absolute atomic E-state index is 13.3. The molecule has 100 valence electrons. The molecule has 0 aliphatic carbocycles. The van der Waals surface area contributed by atoms with Gasteiger partial charge in [0.2, 0.25) is 0 Å². The fraction of sp³-hybridized carbons (Fsp3) is 0.600. The highest BCUT2D eigenvalue weighted by Gasteiger charge is 2.20. The lowest BCUT2D eigenvalue weighted by Crippen LogP contribution is -2.41. The van der Waals surface area contributed by atoms with Gasteiger partial charge in [0.1, 0.15) is 5.82 Å². The SMILES string of the molecule is Cc1cc(N2CCCNC(C(C)C)C2)ccc1F. The van der Waals surface area contributed by atoms with E-state index in [1.165, 1.54) is 0 Å². The molecule has 3 heteroatoms. The fourth-order valence-corrected chi connectivity index (χ4v) is 2.46. The highest BCUT2D eigenvalue weighted by Crippen LogP contribution is 2.21. The molecule has 0 saturated carbocycles. The number of nitrogens with one attached hydrogen (secondary N) is 1. The first-order valence-electron chi connectivity index (χ1n) is 6.82. The van der Waals surface area contributed by atoms with E-state index in [0.717, 1.165) is 37.3 Å². The predicted octanol–water partition coefficient (Wildman–Crippen LogP) is 2.96. The van der Waals surface area contributed by atoms with Crippen molar-refractivity contribution in [2.45, 2.75) is 33.2 Å². The first kappa shape index (κ1) is 13.3. The van der Waals surface area contributed by atoms with Gasteiger partial charge < -0.3 is 10.2 Å². The fourth-order valence-electron chi connectivity index (χ4n) is 2.46. The molecule has 1 N–H and O–H groups in total. The Bertz CT molecular complexity index is 403. The lowest BCUT2D eigenvalue weighted by atomic mass is 10.0. The normalized spacial score (nSPS) is 21.2. The van der Waals surface area contributed by atoms with Crippen LogP contribution in [-0.2, 0) is 0 Å². The summed E-state index contributed by atoms with van der Waals surface area (Å²) in [5, 5.41) is 3.59. The Kier molecular flexibility index (Phi) is 4.23. The maximum Gasteiger partial charge on any atom is 0.126 e. The van der Waals surface area contributed by atoms with Gasteiger partial charge in [0.05, 0.1) is 0 Å². The Balaban J connectivity index is 2.17. The lowest BCUT2D eigenvalue weighted by Gasteiger charge is -2.28. The predicted molar refractivity (Wildman–Crippen MR) is 74.6 cm³/mol. The second kappa shape index (κ2) is 5.70. The smallest absolute Gasteiger partial charge is 0.126 e. The van der Waals surface area contributed by atoms with Crippen LogP contribution in [0.15, 0.2) is 18.2 Å². The monoisotopic (exact) mass is 250 g/mol. The van der Waals surface area contributed by atoms with E-state index in [9.17, 15) is 4.39 Å². The van der Waals surface area contributed by atoms with E-state index in [0.29, 0.717) is 12.0 Å². The van der Waals surface area contributed by atoms with Crippen LogP contribution in [0.1, 0.15) is 25.8 Å². The third-order valence-corrected chi connectivity index (χ3v) is 3.74. The van der Waals surface area contributed by atoms with Gasteiger partial charge in [-0.1, -0.05) is 13.8 Å². The first-order valence-corrected chi connectivity index (χ1v) is 6.82. The zero-order valence-electron chi connectivity index (χ0n) is 11.5. The average molecular weight is 250 g/mol. The molecule has 1 fully saturated rings. The molecular formula is C15H23FN2. The Morgan fingerprint density at radius 1 is 1.39 bits per heavy atom. The second-order valence-electron chi connectivity index (χ2n) is 5.54. The van der Waals surface area contributed by atoms with Crippen LogP contribution in [0, 0.1) is 18.7 Å². The first-order chi connectivity index (χ1) is 8.58. The van der Waals surface area contributed by atoms with Gasteiger partial charge in [-0.05, 0) is 49.6 Å². The molecule has 0 amide bonds. The van der Waals surface area contributed by atoms with Crippen molar-refractivity contribution in [3.05, 3.63) is 29.6 Å². The third-order valence-electron chi connectivity index (χ3n) is 3.74. The number of benzene rings is 1. The minimum atomic E-state index is -0.118. The van der Waals surface area contributed by atoms with Crippen molar-refractivity contribution in [1.82, 2.24) is 5.32 Å². The molecule has 0 spiro atoms. The van der Waals surface area contributed by atoms with Gasteiger partial charge >= 0.3 is 0 Å². The minimum Gasteiger partial charge on any atom is -0.370 e. The molecule has 0 bridgehead atoms. The van der Waals surface area contributed by atoms with E-state index < -0.39 is 0 Å². The van der Waals surface area contributed by atoms with Crippen LogP contribution in [0.5, 0.6) is 0 Å². The molecule has 0 radical (unpaired) electrons. The molecular weight excluding hydrogens is 227 g/mol. The molecule has 1 atom stereocenters. The van der Waals surface area contributed by atoms with Crippen LogP contribution in [0.25, 0.3) is 0 Å². The summed E-state index contributed by atoms with van der Waals surface area (Å²) >= 11 is 0. The zero-order valence-corrected chi connectivity index (χ0v) is 11.5. The van der Waals surface area contributed by atoms with Crippen LogP contribution >= 0.6 is 0 Å². The minimum absolute atomic E-state index is 0.118. The van der Waals surface area contributed by atoms with E-state index in [-0.39, 0.29) is 5.82 Å². The van der Waals surface area contributed by atoms with Crippen LogP contribution < -0.4 is 10.2 Å². The van der Waals surface area contributed by atoms with Gasteiger partial charge in [0.15, 0.2) is 0 Å². The van der Waals surface area contributed by atoms with E-state index in [4.69, 9.17) is 0 Å². The molecule has 1 aromatic rings. The Morgan fingerprint density at radius 3 is 2.83 bits per heavy atom. The Hall–Kier alpha value is -1.09. The number of anilines is 1. The van der Waals surface area contributed by atoms with Crippen molar-refractivity contribution in [2.24, 2.45) is 5.92 Å². The second-order valence-corrected chi connectivity index (χ2v) is 5.54. The molecule has 0 aromatic heterocycles. The number of hydrogen-bond acceptors (Lipinski definition) is 2. The van der Waals surface area contributed by atoms with E-state index >= 15 is 0 Å². The van der Waals surface area contributed by atoms with Crippen molar-refractivity contribution in [2.75, 3.05) is 24.5 Å². The molecule has 1 heterocycles. The molecule has 1 unspecified atom stereocenters. The van der Waals surface area contributed by atoms with Crippen molar-refractivity contribution in [1.29, 1.82) is 0 Å². The quantitative estimate of drug-likeness (QED) is 0.868. The number of nitrogens with zero attached hydrogens (tertiary/aromatic N) is 1. The summed E-state index contributed by atoms with van der Waals surface area (Å²) in [4.78, 5) is 2.37. The van der Waals surface area contributed by atoms with Crippen molar-refractivity contribution in [3.8, 4) is 0 Å². The van der Waals surface area contributed by atoms with Crippen molar-refractivity contribution < 1.29 is 4.39 Å². The van der Waals surface area contributed by atoms with Crippen LogP contribution in [0.4, 0.5) is 10.1 Å². The summed E-state index contributed by atoms with van der Waals surface area (Å²) in [5.41, 5.74) is 1.87. The van der Waals surface area contributed by atoms with Crippen molar-refractivity contribution in [3.63, 3.8) is 0 Å². The standard InChI is InChI=1S/C15H23FN2/c1-11(2)15-10-18(8-4-7-17-15)13-5-6-14(16)12(3)9-13/h5-6,9,11,15,17H,4,7-8,10H2,1-3H3. The van der Waals surface area contributed by atoms with Gasteiger partial charge in [-0.25, -0.2) is 4.39 Å². The van der Waals surface area contributed by atoms with Gasteiger partial charge in [-0.2, -0.15) is 0 Å². The van der Waals surface area contributed by atoms with Gasteiger partial charge in [-0.15, -0.1) is 0 Å². The average Bonchev–Trinajstić information content (AvgIpc) is 2.58. The molecule has 18 heavy (non-hydrogen) atoms. The van der Waals surface area contributed by atoms with Gasteiger partial charge in [0, 0.05) is 24.8 Å². The Labute approximate surface area is 109 Å². The molecule has 1 aliphatic heterocycles. The lowest BCUT2D eigenvalue weighted by molar-refractivity contribution is 0.420. The van der Waals surface area contributed by atoms with Crippen LogP contribution in [-0.4, -0.2) is 25.7 Å². The largest absolute Gasteiger partial charge is 0.370 e. The molecule has 2 nitrogen and oxygen atoms in total. The summed E-state index contributed by atoms with van der Waals surface area (Å²) in [6.45, 7) is 9.44. The molecule has 1 aliphatic rings. The molecule has 2 rings (SSSR count). The number of rotatable bonds is 2.